The lowest BCUT2D eigenvalue weighted by Gasteiger charge is -1.94. The van der Waals surface area contributed by atoms with Crippen LogP contribution < -0.4 is 0 Å². The highest BCUT2D eigenvalue weighted by molar-refractivity contribution is 14.1. The summed E-state index contributed by atoms with van der Waals surface area (Å²) in [4.78, 5) is 12.8. The third-order valence-corrected chi connectivity index (χ3v) is 3.14. The molecule has 4 nitrogen and oxygen atoms in total. The van der Waals surface area contributed by atoms with Gasteiger partial charge in [0.1, 0.15) is 0 Å². The van der Waals surface area contributed by atoms with Gasteiger partial charge in [0.05, 0.1) is 8.49 Å². The summed E-state index contributed by atoms with van der Waals surface area (Å²) in [5.74, 6) is 0. The maximum Gasteiger partial charge on any atom is 0.282 e. The Kier molecular flexibility index (Phi) is 5.74. The van der Waals surface area contributed by atoms with Crippen molar-refractivity contribution < 1.29 is 4.92 Å². The highest BCUT2D eigenvalue weighted by Crippen LogP contribution is 2.22. The molecule has 16 heavy (non-hydrogen) atoms. The molecule has 0 bridgehead atoms. The zero-order chi connectivity index (χ0) is 12.0. The van der Waals surface area contributed by atoms with Crippen LogP contribution >= 0.6 is 45.2 Å². The van der Waals surface area contributed by atoms with Crippen molar-refractivity contribution in [3.05, 3.63) is 60.0 Å². The number of halogens is 2. The summed E-state index contributed by atoms with van der Waals surface area (Å²) in [6.07, 6.45) is 3.75. The van der Waals surface area contributed by atoms with E-state index in [0.717, 1.165) is 3.57 Å². The van der Waals surface area contributed by atoms with Crippen molar-refractivity contribution in [2.24, 2.45) is 0 Å². The molecule has 1 aromatic heterocycles. The van der Waals surface area contributed by atoms with E-state index in [9.17, 15) is 10.1 Å². The molecule has 2 rings (SSSR count). The minimum Gasteiger partial charge on any atom is -0.368 e. The molecule has 6 heteroatoms. The third kappa shape index (κ3) is 4.47. The number of hydrogen-bond acceptors (Lipinski definition) is 2. The van der Waals surface area contributed by atoms with Gasteiger partial charge in [0.25, 0.3) is 5.69 Å². The normalized spacial score (nSPS) is 9.12. The minimum absolute atomic E-state index is 0.172. The Hall–Kier alpha value is -0.640. The molecule has 2 aromatic rings. The third-order valence-electron chi connectivity index (χ3n) is 1.60. The van der Waals surface area contributed by atoms with Gasteiger partial charge in [-0.15, -0.1) is 0 Å². The SMILES string of the molecule is O=[N+]([O-])c1ccc(I)cc1I.c1cc[nH]c1. The van der Waals surface area contributed by atoms with Gasteiger partial charge in [0, 0.05) is 22.0 Å². The van der Waals surface area contributed by atoms with Gasteiger partial charge in [-0.3, -0.25) is 10.1 Å². The second-order valence-corrected chi connectivity index (χ2v) is 5.15. The molecule has 1 heterocycles. The Balaban J connectivity index is 0.000000212. The molecule has 0 aliphatic rings. The highest BCUT2D eigenvalue weighted by Gasteiger charge is 2.09. The first kappa shape index (κ1) is 13.4. The topological polar surface area (TPSA) is 58.9 Å². The predicted molar refractivity (Wildman–Crippen MR) is 79.3 cm³/mol. The lowest BCUT2D eigenvalue weighted by Crippen LogP contribution is -1.90. The predicted octanol–water partition coefficient (Wildman–Crippen LogP) is 3.82. The van der Waals surface area contributed by atoms with Crippen molar-refractivity contribution in [2.75, 3.05) is 0 Å². The van der Waals surface area contributed by atoms with Gasteiger partial charge < -0.3 is 4.98 Å². The lowest BCUT2D eigenvalue weighted by molar-refractivity contribution is -0.385. The number of nitro benzene ring substituents is 1. The Morgan fingerprint density at radius 3 is 2.19 bits per heavy atom. The molecule has 0 amide bonds. The van der Waals surface area contributed by atoms with Crippen molar-refractivity contribution in [3.63, 3.8) is 0 Å². The Morgan fingerprint density at radius 2 is 1.81 bits per heavy atom. The van der Waals surface area contributed by atoms with E-state index in [-0.39, 0.29) is 10.6 Å². The number of nitro groups is 1. The van der Waals surface area contributed by atoms with E-state index < -0.39 is 0 Å². The minimum atomic E-state index is -0.377. The summed E-state index contributed by atoms with van der Waals surface area (Å²) in [7, 11) is 0. The standard InChI is InChI=1S/C6H3I2NO2.C4H5N/c7-4-1-2-6(9(10)11)5(8)3-4;1-2-4-5-3-1/h1-3H;1-5H. The summed E-state index contributed by atoms with van der Waals surface area (Å²) in [5.41, 5.74) is 0.172. The summed E-state index contributed by atoms with van der Waals surface area (Å²) in [6.45, 7) is 0. The van der Waals surface area contributed by atoms with Gasteiger partial charge in [-0.25, -0.2) is 0 Å². The average Bonchev–Trinajstić information content (AvgIpc) is 2.74. The molecule has 0 spiro atoms. The molecule has 0 aliphatic carbocycles. The molecular formula is C10H8I2N2O2. The van der Waals surface area contributed by atoms with Crippen LogP contribution in [0.3, 0.4) is 0 Å². The Morgan fingerprint density at radius 1 is 1.19 bits per heavy atom. The van der Waals surface area contributed by atoms with Crippen molar-refractivity contribution in [2.45, 2.75) is 0 Å². The Bertz CT molecular complexity index is 441. The molecule has 0 unspecified atom stereocenters. The van der Waals surface area contributed by atoms with Crippen LogP contribution in [0.25, 0.3) is 0 Å². The second-order valence-electron chi connectivity index (χ2n) is 2.74. The first-order valence-electron chi connectivity index (χ1n) is 4.28. The van der Waals surface area contributed by atoms with Gasteiger partial charge in [-0.2, -0.15) is 0 Å². The highest BCUT2D eigenvalue weighted by atomic mass is 127. The van der Waals surface area contributed by atoms with E-state index in [0.29, 0.717) is 3.57 Å². The summed E-state index contributed by atoms with van der Waals surface area (Å²) >= 11 is 4.07. The zero-order valence-electron chi connectivity index (χ0n) is 8.06. The monoisotopic (exact) mass is 442 g/mol. The van der Waals surface area contributed by atoms with Crippen LogP contribution in [-0.2, 0) is 0 Å². The van der Waals surface area contributed by atoms with Crippen LogP contribution in [0.2, 0.25) is 0 Å². The fourth-order valence-corrected chi connectivity index (χ4v) is 2.71. The number of benzene rings is 1. The van der Waals surface area contributed by atoms with Gasteiger partial charge in [-0.05, 0) is 69.4 Å². The number of rotatable bonds is 1. The van der Waals surface area contributed by atoms with Crippen LogP contribution in [0.5, 0.6) is 0 Å². The van der Waals surface area contributed by atoms with Crippen LogP contribution in [-0.4, -0.2) is 9.91 Å². The largest absolute Gasteiger partial charge is 0.368 e. The van der Waals surface area contributed by atoms with E-state index in [1.54, 1.807) is 12.1 Å². The number of nitrogens with one attached hydrogen (secondary N) is 1. The van der Waals surface area contributed by atoms with Crippen LogP contribution in [0.4, 0.5) is 5.69 Å². The van der Waals surface area contributed by atoms with Gasteiger partial charge in [0.2, 0.25) is 0 Å². The van der Waals surface area contributed by atoms with Crippen molar-refractivity contribution in [3.8, 4) is 0 Å². The van der Waals surface area contributed by atoms with Gasteiger partial charge in [-0.1, -0.05) is 0 Å². The fraction of sp³-hybridized carbons (Fsp3) is 0. The number of aromatic amines is 1. The molecule has 0 atom stereocenters. The van der Waals surface area contributed by atoms with E-state index in [2.05, 4.69) is 27.6 Å². The average molecular weight is 442 g/mol. The lowest BCUT2D eigenvalue weighted by atomic mass is 10.3. The molecule has 0 saturated heterocycles. The summed E-state index contributed by atoms with van der Waals surface area (Å²) in [6, 6.07) is 8.91. The fourth-order valence-electron chi connectivity index (χ4n) is 0.907. The van der Waals surface area contributed by atoms with Gasteiger partial charge in [0.15, 0.2) is 0 Å². The molecule has 0 fully saturated rings. The maximum atomic E-state index is 10.3. The van der Waals surface area contributed by atoms with Crippen LogP contribution in [0, 0.1) is 17.3 Å². The smallest absolute Gasteiger partial charge is 0.282 e. The molecule has 1 aromatic carbocycles. The zero-order valence-corrected chi connectivity index (χ0v) is 12.4. The van der Waals surface area contributed by atoms with E-state index in [1.165, 1.54) is 6.07 Å². The van der Waals surface area contributed by atoms with Crippen LogP contribution in [0.15, 0.2) is 42.7 Å². The second kappa shape index (κ2) is 6.84. The number of nitrogens with zero attached hydrogens (tertiary/aromatic N) is 1. The van der Waals surface area contributed by atoms with E-state index in [4.69, 9.17) is 0 Å². The molecule has 1 N–H and O–H groups in total. The summed E-state index contributed by atoms with van der Waals surface area (Å²) in [5, 5.41) is 10.3. The number of hydrogen-bond donors (Lipinski definition) is 1. The molecule has 0 saturated carbocycles. The molecular weight excluding hydrogens is 434 g/mol. The van der Waals surface area contributed by atoms with Crippen molar-refractivity contribution in [1.29, 1.82) is 0 Å². The first-order valence-corrected chi connectivity index (χ1v) is 6.44. The number of H-pyrrole nitrogens is 1. The first-order chi connectivity index (χ1) is 7.61. The summed E-state index contributed by atoms with van der Waals surface area (Å²) < 4.78 is 1.69. The maximum absolute atomic E-state index is 10.3. The van der Waals surface area contributed by atoms with Gasteiger partial charge >= 0.3 is 0 Å². The Labute approximate surface area is 120 Å². The van der Waals surface area contributed by atoms with Crippen molar-refractivity contribution in [1.82, 2.24) is 4.98 Å². The molecule has 0 aliphatic heterocycles. The van der Waals surface area contributed by atoms with E-state index in [1.807, 2.05) is 47.1 Å². The number of aromatic nitrogens is 1. The van der Waals surface area contributed by atoms with E-state index >= 15 is 0 Å². The molecule has 84 valence electrons. The van der Waals surface area contributed by atoms with Crippen LogP contribution in [0.1, 0.15) is 0 Å². The molecule has 0 radical (unpaired) electrons. The van der Waals surface area contributed by atoms with Crippen molar-refractivity contribution >= 4 is 50.9 Å². The quantitative estimate of drug-likeness (QED) is 0.415.